The first-order valence-electron chi connectivity index (χ1n) is 12.4. The normalized spacial score (nSPS) is 12.1. The van der Waals surface area contributed by atoms with Crippen molar-refractivity contribution in [1.82, 2.24) is 0 Å². The Balaban J connectivity index is 3.81. The number of nitrogens with zero attached hydrogens (tertiary/aromatic N) is 1. The van der Waals surface area contributed by atoms with Gasteiger partial charge in [-0.3, -0.25) is 0 Å². The van der Waals surface area contributed by atoms with E-state index in [2.05, 4.69) is 18.8 Å². The Hall–Kier alpha value is -0.620. The summed E-state index contributed by atoms with van der Waals surface area (Å²) in [5, 5.41) is 0. The summed E-state index contributed by atoms with van der Waals surface area (Å²) in [7, 11) is 0. The molecule has 2 nitrogen and oxygen atoms in total. The smallest absolute Gasteiger partial charge is 0.211 e. The second-order valence-corrected chi connectivity index (χ2v) is 8.51. The third-order valence-electron chi connectivity index (χ3n) is 5.88. The van der Waals surface area contributed by atoms with Crippen LogP contribution in [0.2, 0.25) is 0 Å². The number of unbranched alkanes of at least 4 members (excludes halogenated alkanes) is 14. The van der Waals surface area contributed by atoms with Gasteiger partial charge in [-0.2, -0.15) is 0 Å². The van der Waals surface area contributed by atoms with Gasteiger partial charge >= 0.3 is 0 Å². The highest BCUT2D eigenvalue weighted by Gasteiger charge is 2.08. The Bertz CT molecular complexity index is 322. The molecular weight excluding hydrogens is 330 g/mol. The van der Waals surface area contributed by atoms with Crippen LogP contribution in [0.1, 0.15) is 142 Å². The van der Waals surface area contributed by atoms with Gasteiger partial charge in [0, 0.05) is 0 Å². The second-order valence-electron chi connectivity index (χ2n) is 8.51. The van der Waals surface area contributed by atoms with Crippen LogP contribution in [-0.2, 0) is 4.79 Å². The van der Waals surface area contributed by atoms with E-state index < -0.39 is 0 Å². The van der Waals surface area contributed by atoms with Crippen LogP contribution in [-0.4, -0.2) is 12.6 Å². The standard InChI is InChI=1S/C25H49NO/c1-3-5-7-9-11-12-14-17-21-25(20-16-13-10-8-6-4-2)22-18-15-19-23-26-24-27/h25H,3-23H2,1-2H3. The molecule has 0 aromatic rings. The lowest BCUT2D eigenvalue weighted by molar-refractivity contribution is 0.367. The highest BCUT2D eigenvalue weighted by Crippen LogP contribution is 2.24. The summed E-state index contributed by atoms with van der Waals surface area (Å²) >= 11 is 0. The van der Waals surface area contributed by atoms with Crippen molar-refractivity contribution in [3.05, 3.63) is 0 Å². The van der Waals surface area contributed by atoms with E-state index >= 15 is 0 Å². The average Bonchev–Trinajstić information content (AvgIpc) is 2.68. The van der Waals surface area contributed by atoms with Crippen LogP contribution in [0.3, 0.4) is 0 Å². The Kier molecular flexibility index (Phi) is 22.9. The lowest BCUT2D eigenvalue weighted by atomic mass is 9.89. The maximum absolute atomic E-state index is 10.1. The summed E-state index contributed by atoms with van der Waals surface area (Å²) in [4.78, 5) is 13.8. The third kappa shape index (κ3) is 21.5. The summed E-state index contributed by atoms with van der Waals surface area (Å²) in [5.74, 6) is 0.936. The van der Waals surface area contributed by atoms with Gasteiger partial charge in [-0.15, -0.1) is 0 Å². The molecule has 0 aromatic heterocycles. The first kappa shape index (κ1) is 26.4. The molecule has 0 aliphatic heterocycles. The van der Waals surface area contributed by atoms with Crippen LogP contribution < -0.4 is 0 Å². The molecule has 0 spiro atoms. The molecule has 0 saturated heterocycles. The van der Waals surface area contributed by atoms with Crippen molar-refractivity contribution in [2.75, 3.05) is 6.54 Å². The molecule has 0 amide bonds. The molecule has 2 heteroatoms. The van der Waals surface area contributed by atoms with Gasteiger partial charge < -0.3 is 0 Å². The van der Waals surface area contributed by atoms with Crippen molar-refractivity contribution < 1.29 is 4.79 Å². The molecule has 1 unspecified atom stereocenters. The van der Waals surface area contributed by atoms with E-state index in [1.54, 1.807) is 6.08 Å². The highest BCUT2D eigenvalue weighted by molar-refractivity contribution is 5.32. The molecule has 0 radical (unpaired) electrons. The molecule has 1 atom stereocenters. The third-order valence-corrected chi connectivity index (χ3v) is 5.88. The van der Waals surface area contributed by atoms with Gasteiger partial charge in [-0.1, -0.05) is 136 Å². The first-order chi connectivity index (χ1) is 13.3. The number of hydrogen-bond donors (Lipinski definition) is 0. The van der Waals surface area contributed by atoms with Crippen LogP contribution in [0.5, 0.6) is 0 Å². The number of aliphatic imine (C=N–C) groups is 1. The Morgan fingerprint density at radius 1 is 0.556 bits per heavy atom. The molecule has 0 aliphatic carbocycles. The van der Waals surface area contributed by atoms with Crippen LogP contribution in [0, 0.1) is 5.92 Å². The fourth-order valence-electron chi connectivity index (χ4n) is 4.06. The number of isocyanates is 1. The van der Waals surface area contributed by atoms with Gasteiger partial charge in [-0.25, -0.2) is 9.79 Å². The Morgan fingerprint density at radius 2 is 0.926 bits per heavy atom. The first-order valence-corrected chi connectivity index (χ1v) is 12.4. The fourth-order valence-corrected chi connectivity index (χ4v) is 4.06. The van der Waals surface area contributed by atoms with Crippen LogP contribution in [0.25, 0.3) is 0 Å². The summed E-state index contributed by atoms with van der Waals surface area (Å²) in [6.07, 6.45) is 29.4. The molecule has 0 aromatic carbocycles. The van der Waals surface area contributed by atoms with E-state index in [-0.39, 0.29) is 0 Å². The predicted octanol–water partition coefficient (Wildman–Crippen LogP) is 8.78. The van der Waals surface area contributed by atoms with E-state index in [4.69, 9.17) is 0 Å². The largest absolute Gasteiger partial charge is 0.234 e. The lowest BCUT2D eigenvalue weighted by Gasteiger charge is -2.17. The van der Waals surface area contributed by atoms with E-state index in [0.717, 1.165) is 12.3 Å². The Morgan fingerprint density at radius 3 is 1.33 bits per heavy atom. The SMILES string of the molecule is CCCCCCCCCCC(CCCCCCCC)CCCCCN=C=O. The van der Waals surface area contributed by atoms with Crippen molar-refractivity contribution in [1.29, 1.82) is 0 Å². The lowest BCUT2D eigenvalue weighted by Crippen LogP contribution is -2.02. The minimum Gasteiger partial charge on any atom is -0.211 e. The minimum atomic E-state index is 0.670. The summed E-state index contributed by atoms with van der Waals surface area (Å²) in [6.45, 7) is 5.25. The van der Waals surface area contributed by atoms with Crippen molar-refractivity contribution in [3.63, 3.8) is 0 Å². The topological polar surface area (TPSA) is 29.4 Å². The Labute approximate surface area is 171 Å². The second kappa shape index (κ2) is 23.4. The molecule has 0 aliphatic rings. The molecule has 160 valence electrons. The zero-order valence-electron chi connectivity index (χ0n) is 18.8. The van der Waals surface area contributed by atoms with E-state index in [0.29, 0.717) is 6.54 Å². The van der Waals surface area contributed by atoms with E-state index in [9.17, 15) is 4.79 Å². The maximum atomic E-state index is 10.1. The molecular formula is C25H49NO. The van der Waals surface area contributed by atoms with E-state index in [1.165, 1.54) is 122 Å². The van der Waals surface area contributed by atoms with Crippen LogP contribution >= 0.6 is 0 Å². The highest BCUT2D eigenvalue weighted by atomic mass is 16.1. The summed E-state index contributed by atoms with van der Waals surface area (Å²) in [6, 6.07) is 0. The van der Waals surface area contributed by atoms with Crippen molar-refractivity contribution in [2.24, 2.45) is 10.9 Å². The zero-order valence-corrected chi connectivity index (χ0v) is 18.8. The molecule has 0 N–H and O–H groups in total. The van der Waals surface area contributed by atoms with Gasteiger partial charge in [0.1, 0.15) is 0 Å². The number of carbonyl (C=O) groups excluding carboxylic acids is 1. The van der Waals surface area contributed by atoms with Gasteiger partial charge in [-0.05, 0) is 12.3 Å². The molecule has 27 heavy (non-hydrogen) atoms. The summed E-state index contributed by atoms with van der Waals surface area (Å²) in [5.41, 5.74) is 0. The molecule has 0 heterocycles. The van der Waals surface area contributed by atoms with Crippen molar-refractivity contribution in [3.8, 4) is 0 Å². The van der Waals surface area contributed by atoms with E-state index in [1.807, 2.05) is 0 Å². The summed E-state index contributed by atoms with van der Waals surface area (Å²) < 4.78 is 0. The van der Waals surface area contributed by atoms with Crippen molar-refractivity contribution >= 4 is 6.08 Å². The quantitative estimate of drug-likeness (QED) is 0.105. The van der Waals surface area contributed by atoms with Crippen LogP contribution in [0.4, 0.5) is 0 Å². The van der Waals surface area contributed by atoms with Crippen LogP contribution in [0.15, 0.2) is 4.99 Å². The van der Waals surface area contributed by atoms with Gasteiger partial charge in [0.25, 0.3) is 0 Å². The molecule has 0 bridgehead atoms. The average molecular weight is 380 g/mol. The fraction of sp³-hybridized carbons (Fsp3) is 0.960. The van der Waals surface area contributed by atoms with Crippen molar-refractivity contribution in [2.45, 2.75) is 142 Å². The molecule has 0 saturated carbocycles. The van der Waals surface area contributed by atoms with Gasteiger partial charge in [0.15, 0.2) is 0 Å². The minimum absolute atomic E-state index is 0.670. The van der Waals surface area contributed by atoms with Gasteiger partial charge in [0.2, 0.25) is 6.08 Å². The monoisotopic (exact) mass is 379 g/mol. The zero-order chi connectivity index (χ0) is 19.8. The predicted molar refractivity (Wildman–Crippen MR) is 120 cm³/mol. The molecule has 0 rings (SSSR count). The molecule has 0 fully saturated rings. The number of hydrogen-bond acceptors (Lipinski definition) is 2. The van der Waals surface area contributed by atoms with Gasteiger partial charge in [0.05, 0.1) is 6.54 Å². The number of rotatable bonds is 22. The maximum Gasteiger partial charge on any atom is 0.234 e.